The highest BCUT2D eigenvalue weighted by Gasteiger charge is 2.40. The molecule has 2 N–H and O–H groups in total. The number of rotatable bonds is 14. The molecule has 0 saturated carbocycles. The van der Waals surface area contributed by atoms with Crippen LogP contribution in [0.2, 0.25) is 0 Å². The van der Waals surface area contributed by atoms with E-state index in [0.29, 0.717) is 12.2 Å². The third kappa shape index (κ3) is 10.3. The summed E-state index contributed by atoms with van der Waals surface area (Å²) in [5.74, 6) is -0.680. The van der Waals surface area contributed by atoms with Crippen molar-refractivity contribution in [3.8, 4) is 0 Å². The van der Waals surface area contributed by atoms with Crippen molar-refractivity contribution in [2.45, 2.75) is 113 Å². The van der Waals surface area contributed by atoms with E-state index in [2.05, 4.69) is 31.4 Å². The number of carbonyl (C=O) groups is 3. The summed E-state index contributed by atoms with van der Waals surface area (Å²) in [7, 11) is 3.53. The highest BCUT2D eigenvalue weighted by Crippen LogP contribution is 2.30. The van der Waals surface area contributed by atoms with Gasteiger partial charge in [-0.1, -0.05) is 80.7 Å². The predicted octanol–water partition coefficient (Wildman–Crippen LogP) is 4.70. The Bertz CT molecular complexity index is 722. The Morgan fingerprint density at radius 2 is 1.57 bits per heavy atom. The lowest BCUT2D eigenvalue weighted by atomic mass is 9.78. The number of nitrogens with zero attached hydrogens (tertiary/aromatic N) is 1. The second-order valence-corrected chi connectivity index (χ2v) is 11.7. The van der Waals surface area contributed by atoms with Crippen LogP contribution in [-0.2, 0) is 19.1 Å². The third-order valence-electron chi connectivity index (χ3n) is 6.65. The van der Waals surface area contributed by atoms with Crippen LogP contribution in [0, 0.1) is 16.7 Å². The summed E-state index contributed by atoms with van der Waals surface area (Å²) in [6.45, 7) is 20.0. The highest BCUT2D eigenvalue weighted by molar-refractivity contribution is 5.91. The van der Waals surface area contributed by atoms with Crippen molar-refractivity contribution >= 4 is 17.8 Å². The van der Waals surface area contributed by atoms with Gasteiger partial charge in [0.1, 0.15) is 6.04 Å². The van der Waals surface area contributed by atoms with E-state index in [-0.39, 0.29) is 35.2 Å². The zero-order valence-corrected chi connectivity index (χ0v) is 24.5. The summed E-state index contributed by atoms with van der Waals surface area (Å²) in [6, 6.07) is -1.46. The second-order valence-electron chi connectivity index (χ2n) is 11.7. The minimum Gasteiger partial charge on any atom is -0.463 e. The Hall–Kier alpha value is -1.89. The third-order valence-corrected chi connectivity index (χ3v) is 6.65. The molecule has 0 aliphatic rings. The topological polar surface area (TPSA) is 87.7 Å². The van der Waals surface area contributed by atoms with Crippen LogP contribution < -0.4 is 10.6 Å². The maximum absolute atomic E-state index is 13.8. The van der Waals surface area contributed by atoms with Crippen LogP contribution in [0.5, 0.6) is 0 Å². The summed E-state index contributed by atoms with van der Waals surface area (Å²) in [4.78, 5) is 41.0. The summed E-state index contributed by atoms with van der Waals surface area (Å²) in [5.41, 5.74) is -0.302. The van der Waals surface area contributed by atoms with Gasteiger partial charge in [0.15, 0.2) is 0 Å². The van der Waals surface area contributed by atoms with E-state index >= 15 is 0 Å². The van der Waals surface area contributed by atoms with Crippen LogP contribution >= 0.6 is 0 Å². The zero-order chi connectivity index (χ0) is 27.6. The van der Waals surface area contributed by atoms with Crippen molar-refractivity contribution in [1.29, 1.82) is 0 Å². The molecule has 0 aliphatic heterocycles. The first-order valence-corrected chi connectivity index (χ1v) is 13.1. The standard InChI is InChI=1S/C28H53N3O4/c1-13-15-16-17-28(9,10)22(29-11)24(32)30-23(27(6,7)8)25(33)31(12)21(19(3)4)18-20(5)26(34)35-14-2/h18-19,21-23,29H,13-17H2,1-12H3,(H,30,32)/t21-,22+,23-/m1/s1. The monoisotopic (exact) mass is 495 g/mol. The lowest BCUT2D eigenvalue weighted by Gasteiger charge is -2.39. The number of ether oxygens (including phenoxy) is 1. The maximum Gasteiger partial charge on any atom is 0.333 e. The molecule has 0 saturated heterocycles. The number of carbonyl (C=O) groups excluding carboxylic acids is 3. The van der Waals surface area contributed by atoms with E-state index in [9.17, 15) is 14.4 Å². The number of unbranched alkanes of at least 4 members (excludes halogenated alkanes) is 2. The van der Waals surface area contributed by atoms with Crippen LogP contribution in [0.4, 0.5) is 0 Å². The average Bonchev–Trinajstić information content (AvgIpc) is 2.74. The van der Waals surface area contributed by atoms with Crippen LogP contribution in [0.3, 0.4) is 0 Å². The fourth-order valence-corrected chi connectivity index (χ4v) is 4.40. The maximum atomic E-state index is 13.8. The van der Waals surface area contributed by atoms with Gasteiger partial charge in [0.25, 0.3) is 0 Å². The molecule has 0 spiro atoms. The fourth-order valence-electron chi connectivity index (χ4n) is 4.40. The number of likely N-dealkylation sites (N-methyl/N-ethyl adjacent to an activating group) is 2. The SMILES string of the molecule is CCCCCC(C)(C)[C@@H](NC)C(=O)N[C@H](C(=O)N(C)[C@H](C=C(C)C(=O)OCC)C(C)C)C(C)(C)C. The molecular formula is C28H53N3O4. The quantitative estimate of drug-likeness (QED) is 0.207. The molecule has 0 unspecified atom stereocenters. The van der Waals surface area contributed by atoms with E-state index in [1.807, 2.05) is 34.6 Å². The van der Waals surface area contributed by atoms with Crippen LogP contribution in [0.1, 0.15) is 94.9 Å². The zero-order valence-electron chi connectivity index (χ0n) is 24.5. The van der Waals surface area contributed by atoms with Gasteiger partial charge in [-0.2, -0.15) is 0 Å². The molecule has 0 bridgehead atoms. The van der Waals surface area contributed by atoms with E-state index in [1.165, 1.54) is 0 Å². The molecular weight excluding hydrogens is 442 g/mol. The Morgan fingerprint density at radius 3 is 2.00 bits per heavy atom. The van der Waals surface area contributed by atoms with Crippen LogP contribution in [-0.4, -0.2) is 61.5 Å². The van der Waals surface area contributed by atoms with Crippen molar-refractivity contribution in [2.24, 2.45) is 16.7 Å². The van der Waals surface area contributed by atoms with E-state index in [0.717, 1.165) is 25.7 Å². The van der Waals surface area contributed by atoms with Gasteiger partial charge >= 0.3 is 5.97 Å². The van der Waals surface area contributed by atoms with Crippen molar-refractivity contribution in [2.75, 3.05) is 20.7 Å². The molecule has 0 rings (SSSR count). The van der Waals surface area contributed by atoms with Gasteiger partial charge in [0.2, 0.25) is 11.8 Å². The highest BCUT2D eigenvalue weighted by atomic mass is 16.5. The molecule has 35 heavy (non-hydrogen) atoms. The molecule has 0 fully saturated rings. The Kier molecular flexibility index (Phi) is 13.8. The minimum atomic E-state index is -0.722. The summed E-state index contributed by atoms with van der Waals surface area (Å²) in [5, 5.41) is 6.26. The lowest BCUT2D eigenvalue weighted by Crippen LogP contribution is -2.61. The van der Waals surface area contributed by atoms with Gasteiger partial charge in [0.05, 0.1) is 18.7 Å². The van der Waals surface area contributed by atoms with Gasteiger partial charge in [-0.15, -0.1) is 0 Å². The minimum absolute atomic E-state index is 0.0622. The molecule has 2 amide bonds. The van der Waals surface area contributed by atoms with Crippen molar-refractivity contribution in [3.05, 3.63) is 11.6 Å². The van der Waals surface area contributed by atoms with Gasteiger partial charge in [-0.3, -0.25) is 9.59 Å². The molecule has 3 atom stereocenters. The first kappa shape index (κ1) is 33.1. The van der Waals surface area contributed by atoms with Gasteiger partial charge < -0.3 is 20.3 Å². The van der Waals surface area contributed by atoms with Gasteiger partial charge in [-0.25, -0.2) is 4.79 Å². The summed E-state index contributed by atoms with van der Waals surface area (Å²) in [6.07, 6.45) is 6.02. The van der Waals surface area contributed by atoms with Gasteiger partial charge in [0, 0.05) is 12.6 Å². The molecule has 0 heterocycles. The molecule has 204 valence electrons. The Labute approximate surface area is 214 Å². The molecule has 0 aliphatic carbocycles. The molecule has 7 heteroatoms. The first-order chi connectivity index (χ1) is 16.0. The van der Waals surface area contributed by atoms with Crippen LogP contribution in [0.15, 0.2) is 11.6 Å². The molecule has 7 nitrogen and oxygen atoms in total. The van der Waals surface area contributed by atoms with E-state index < -0.39 is 17.5 Å². The second kappa shape index (κ2) is 14.6. The molecule has 0 radical (unpaired) electrons. The van der Waals surface area contributed by atoms with Crippen molar-refractivity contribution in [3.63, 3.8) is 0 Å². The fraction of sp³-hybridized carbons (Fsp3) is 0.821. The number of hydrogen-bond acceptors (Lipinski definition) is 5. The molecule has 0 aromatic heterocycles. The summed E-state index contributed by atoms with van der Waals surface area (Å²) >= 11 is 0. The number of nitrogens with one attached hydrogen (secondary N) is 2. The number of amides is 2. The lowest BCUT2D eigenvalue weighted by molar-refractivity contribution is -0.141. The largest absolute Gasteiger partial charge is 0.463 e. The van der Waals surface area contributed by atoms with Crippen molar-refractivity contribution in [1.82, 2.24) is 15.5 Å². The van der Waals surface area contributed by atoms with Crippen molar-refractivity contribution < 1.29 is 19.1 Å². The smallest absolute Gasteiger partial charge is 0.333 e. The first-order valence-electron chi connectivity index (χ1n) is 13.1. The van der Waals surface area contributed by atoms with E-state index in [4.69, 9.17) is 4.74 Å². The number of esters is 1. The molecule has 0 aromatic rings. The molecule has 0 aromatic carbocycles. The Balaban J connectivity index is 5.92. The summed E-state index contributed by atoms with van der Waals surface area (Å²) < 4.78 is 5.11. The predicted molar refractivity (Wildman–Crippen MR) is 144 cm³/mol. The normalized spacial score (nSPS) is 15.4. The van der Waals surface area contributed by atoms with E-state index in [1.54, 1.807) is 38.9 Å². The van der Waals surface area contributed by atoms with Crippen LogP contribution in [0.25, 0.3) is 0 Å². The Morgan fingerprint density at radius 1 is 1.00 bits per heavy atom. The average molecular weight is 496 g/mol. The number of hydrogen-bond donors (Lipinski definition) is 2. The van der Waals surface area contributed by atoms with Gasteiger partial charge in [-0.05, 0) is 44.1 Å².